The van der Waals surface area contributed by atoms with Crippen molar-refractivity contribution in [2.75, 3.05) is 13.2 Å². The summed E-state index contributed by atoms with van der Waals surface area (Å²) < 4.78 is 5.79. The molecule has 0 unspecified atom stereocenters. The molecule has 0 radical (unpaired) electrons. The van der Waals surface area contributed by atoms with E-state index in [0.29, 0.717) is 12.0 Å². The number of rotatable bonds is 7. The van der Waals surface area contributed by atoms with Crippen LogP contribution in [-0.4, -0.2) is 19.2 Å². The van der Waals surface area contributed by atoms with Gasteiger partial charge in [-0.2, -0.15) is 0 Å². The van der Waals surface area contributed by atoms with Gasteiger partial charge in [-0.1, -0.05) is 26.8 Å². The van der Waals surface area contributed by atoms with Crippen molar-refractivity contribution in [1.29, 1.82) is 0 Å². The van der Waals surface area contributed by atoms with E-state index in [9.17, 15) is 0 Å². The van der Waals surface area contributed by atoms with Crippen molar-refractivity contribution in [1.82, 2.24) is 0 Å². The molecule has 1 aromatic rings. The quantitative estimate of drug-likeness (QED) is 0.740. The summed E-state index contributed by atoms with van der Waals surface area (Å²) in [6, 6.07) is 7.12. The molecule has 0 bridgehead atoms. The van der Waals surface area contributed by atoms with E-state index < -0.39 is 0 Å². The maximum atomic E-state index is 5.79. The number of quaternary nitrogens is 1. The van der Waals surface area contributed by atoms with Crippen LogP contribution in [0, 0.1) is 6.92 Å². The lowest BCUT2D eigenvalue weighted by atomic mass is 9.98. The first kappa shape index (κ1) is 15.0. The molecule has 1 atom stereocenters. The third-order valence-corrected chi connectivity index (χ3v) is 3.46. The SMILES string of the molecule is CC[C@H](C)[NH2+]CCOc1ccc(C(C)C)c(C)c1. The molecule has 0 saturated heterocycles. The fourth-order valence-electron chi connectivity index (χ4n) is 2.08. The fraction of sp³-hybridized carbons (Fsp3) is 0.625. The van der Waals surface area contributed by atoms with Crippen LogP contribution in [0.2, 0.25) is 0 Å². The highest BCUT2D eigenvalue weighted by molar-refractivity contribution is 5.36. The summed E-state index contributed by atoms with van der Waals surface area (Å²) in [5.74, 6) is 1.58. The van der Waals surface area contributed by atoms with Gasteiger partial charge in [0.1, 0.15) is 18.9 Å². The van der Waals surface area contributed by atoms with E-state index in [2.05, 4.69) is 58.1 Å². The van der Waals surface area contributed by atoms with Crippen molar-refractivity contribution >= 4 is 0 Å². The fourth-order valence-corrected chi connectivity index (χ4v) is 2.08. The number of hydrogen-bond acceptors (Lipinski definition) is 1. The first-order valence-electron chi connectivity index (χ1n) is 7.11. The number of benzene rings is 1. The molecule has 102 valence electrons. The second-order valence-electron chi connectivity index (χ2n) is 5.43. The van der Waals surface area contributed by atoms with E-state index in [4.69, 9.17) is 4.74 Å². The summed E-state index contributed by atoms with van der Waals surface area (Å²) in [4.78, 5) is 0. The van der Waals surface area contributed by atoms with Gasteiger partial charge < -0.3 is 10.1 Å². The number of hydrogen-bond donors (Lipinski definition) is 1. The molecule has 0 aliphatic rings. The Hall–Kier alpha value is -1.02. The smallest absolute Gasteiger partial charge is 0.137 e. The largest absolute Gasteiger partial charge is 0.488 e. The summed E-state index contributed by atoms with van der Waals surface area (Å²) in [7, 11) is 0. The predicted molar refractivity (Wildman–Crippen MR) is 77.3 cm³/mol. The van der Waals surface area contributed by atoms with Crippen LogP contribution in [0.3, 0.4) is 0 Å². The van der Waals surface area contributed by atoms with Crippen LogP contribution in [0.5, 0.6) is 5.75 Å². The molecule has 0 spiro atoms. The summed E-state index contributed by atoms with van der Waals surface area (Å²) in [6.07, 6.45) is 1.21. The Morgan fingerprint density at radius 1 is 1.22 bits per heavy atom. The lowest BCUT2D eigenvalue weighted by Gasteiger charge is -2.13. The van der Waals surface area contributed by atoms with Gasteiger partial charge in [-0.25, -0.2) is 0 Å². The molecule has 0 fully saturated rings. The summed E-state index contributed by atoms with van der Waals surface area (Å²) in [6.45, 7) is 12.9. The third kappa shape index (κ3) is 4.69. The summed E-state index contributed by atoms with van der Waals surface area (Å²) >= 11 is 0. The lowest BCUT2D eigenvalue weighted by molar-refractivity contribution is -0.686. The molecule has 0 aliphatic carbocycles. The molecule has 0 amide bonds. The summed E-state index contributed by atoms with van der Waals surface area (Å²) in [5, 5.41) is 2.34. The second kappa shape index (κ2) is 7.42. The zero-order valence-electron chi connectivity index (χ0n) is 12.5. The van der Waals surface area contributed by atoms with E-state index >= 15 is 0 Å². The van der Waals surface area contributed by atoms with E-state index in [-0.39, 0.29) is 0 Å². The van der Waals surface area contributed by atoms with Gasteiger partial charge in [-0.15, -0.1) is 0 Å². The molecule has 1 rings (SSSR count). The number of aryl methyl sites for hydroxylation is 1. The summed E-state index contributed by atoms with van der Waals surface area (Å²) in [5.41, 5.74) is 2.74. The maximum Gasteiger partial charge on any atom is 0.137 e. The Kier molecular flexibility index (Phi) is 6.20. The van der Waals surface area contributed by atoms with Gasteiger partial charge in [0, 0.05) is 0 Å². The van der Waals surface area contributed by atoms with E-state index in [0.717, 1.165) is 18.9 Å². The molecular weight excluding hydrogens is 222 g/mol. The van der Waals surface area contributed by atoms with Gasteiger partial charge in [0.25, 0.3) is 0 Å². The van der Waals surface area contributed by atoms with E-state index in [1.807, 2.05) is 0 Å². The zero-order chi connectivity index (χ0) is 13.5. The minimum absolute atomic E-state index is 0.581. The zero-order valence-corrected chi connectivity index (χ0v) is 12.5. The van der Waals surface area contributed by atoms with Crippen LogP contribution < -0.4 is 10.1 Å². The number of nitrogens with two attached hydrogens (primary N) is 1. The normalized spacial score (nSPS) is 12.8. The van der Waals surface area contributed by atoms with E-state index in [1.165, 1.54) is 17.5 Å². The Balaban J connectivity index is 2.42. The average Bonchev–Trinajstić information content (AvgIpc) is 2.34. The van der Waals surface area contributed by atoms with Crippen molar-refractivity contribution in [2.45, 2.75) is 53.0 Å². The first-order valence-corrected chi connectivity index (χ1v) is 7.11. The van der Waals surface area contributed by atoms with Crippen molar-refractivity contribution in [3.63, 3.8) is 0 Å². The van der Waals surface area contributed by atoms with Gasteiger partial charge in [-0.3, -0.25) is 0 Å². The lowest BCUT2D eigenvalue weighted by Crippen LogP contribution is -2.90. The van der Waals surface area contributed by atoms with E-state index in [1.54, 1.807) is 0 Å². The van der Waals surface area contributed by atoms with Crippen LogP contribution in [0.25, 0.3) is 0 Å². The van der Waals surface area contributed by atoms with Gasteiger partial charge in [-0.05, 0) is 49.4 Å². The minimum Gasteiger partial charge on any atom is -0.488 e. The van der Waals surface area contributed by atoms with Crippen LogP contribution in [0.15, 0.2) is 18.2 Å². The van der Waals surface area contributed by atoms with Crippen molar-refractivity contribution < 1.29 is 10.1 Å². The standard InChI is InChI=1S/C16H27NO/c1-6-14(5)17-9-10-18-15-7-8-16(12(2)3)13(4)11-15/h7-8,11-12,14,17H,6,9-10H2,1-5H3/p+1/t14-/m0/s1. The monoisotopic (exact) mass is 250 g/mol. The Labute approximate surface area is 112 Å². The van der Waals surface area contributed by atoms with Crippen LogP contribution in [0.1, 0.15) is 51.2 Å². The van der Waals surface area contributed by atoms with Crippen molar-refractivity contribution in [2.24, 2.45) is 0 Å². The molecular formula is C16H28NO+. The molecule has 0 heterocycles. The van der Waals surface area contributed by atoms with Gasteiger partial charge in [0.05, 0.1) is 6.04 Å². The number of ether oxygens (including phenoxy) is 1. The molecule has 18 heavy (non-hydrogen) atoms. The molecule has 0 saturated carbocycles. The topological polar surface area (TPSA) is 25.8 Å². The third-order valence-electron chi connectivity index (χ3n) is 3.46. The van der Waals surface area contributed by atoms with Crippen molar-refractivity contribution in [3.8, 4) is 5.75 Å². The van der Waals surface area contributed by atoms with Crippen molar-refractivity contribution in [3.05, 3.63) is 29.3 Å². The van der Waals surface area contributed by atoms with Crippen LogP contribution in [-0.2, 0) is 0 Å². The maximum absolute atomic E-state index is 5.79. The van der Waals surface area contributed by atoms with Crippen LogP contribution >= 0.6 is 0 Å². The first-order chi connectivity index (χ1) is 8.54. The molecule has 2 heteroatoms. The molecule has 0 aromatic heterocycles. The highest BCUT2D eigenvalue weighted by Gasteiger charge is 2.05. The highest BCUT2D eigenvalue weighted by Crippen LogP contribution is 2.23. The molecule has 0 aliphatic heterocycles. The Bertz CT molecular complexity index is 360. The average molecular weight is 250 g/mol. The van der Waals surface area contributed by atoms with Gasteiger partial charge in [0.2, 0.25) is 0 Å². The Morgan fingerprint density at radius 2 is 1.94 bits per heavy atom. The predicted octanol–water partition coefficient (Wildman–Crippen LogP) is 2.86. The molecule has 1 aromatic carbocycles. The molecule has 2 N–H and O–H groups in total. The molecule has 2 nitrogen and oxygen atoms in total. The Morgan fingerprint density at radius 3 is 2.50 bits per heavy atom. The van der Waals surface area contributed by atoms with Gasteiger partial charge in [0.15, 0.2) is 0 Å². The second-order valence-corrected chi connectivity index (χ2v) is 5.43. The minimum atomic E-state index is 0.581. The van der Waals surface area contributed by atoms with Crippen LogP contribution in [0.4, 0.5) is 0 Å². The highest BCUT2D eigenvalue weighted by atomic mass is 16.5. The van der Waals surface area contributed by atoms with Gasteiger partial charge >= 0.3 is 0 Å².